The second-order valence-electron chi connectivity index (χ2n) is 4.10. The lowest BCUT2D eigenvalue weighted by Gasteiger charge is -2.04. The molecule has 1 aromatic heterocycles. The van der Waals surface area contributed by atoms with Crippen molar-refractivity contribution in [1.82, 2.24) is 0 Å². The number of hydrogen-bond donors (Lipinski definition) is 2. The van der Waals surface area contributed by atoms with Crippen molar-refractivity contribution in [2.24, 2.45) is 0 Å². The number of thiophene rings is 1. The van der Waals surface area contributed by atoms with Gasteiger partial charge in [0.1, 0.15) is 16.6 Å². The van der Waals surface area contributed by atoms with Crippen molar-refractivity contribution in [2.75, 3.05) is 29.1 Å². The Labute approximate surface area is 122 Å². The van der Waals surface area contributed by atoms with Crippen molar-refractivity contribution >= 4 is 37.6 Å². The molecule has 0 unspecified atom stereocenters. The highest BCUT2D eigenvalue weighted by molar-refractivity contribution is 7.91. The number of hydrogen-bond acceptors (Lipinski definition) is 7. The number of Topliss-reactive ketones (excluding diaryl/α,β-unsaturated/α-hetero) is 1. The molecule has 20 heavy (non-hydrogen) atoms. The first-order valence-electron chi connectivity index (χ1n) is 6.16. The van der Waals surface area contributed by atoms with Crippen LogP contribution >= 0.6 is 11.3 Å². The fourth-order valence-electron chi connectivity index (χ4n) is 1.51. The molecule has 0 fully saturated rings. The monoisotopic (exact) mass is 315 g/mol. The number of anilines is 2. The molecule has 1 aromatic rings. The maximum absolute atomic E-state index is 11.7. The normalized spacial score (nSPS) is 11.1. The molecule has 0 atom stereocenters. The lowest BCUT2D eigenvalue weighted by atomic mass is 10.2. The lowest BCUT2D eigenvalue weighted by molar-refractivity contribution is 0.0993. The number of nitrogen functional groups attached to an aromatic ring is 1. The second-order valence-corrected chi connectivity index (χ2v) is 7.59. The molecule has 0 aromatic carbocycles. The number of nitriles is 1. The minimum Gasteiger partial charge on any atom is -0.396 e. The molecule has 3 N–H and O–H groups in total. The summed E-state index contributed by atoms with van der Waals surface area (Å²) in [6, 6.07) is 1.95. The number of sulfone groups is 1. The van der Waals surface area contributed by atoms with E-state index in [0.717, 1.165) is 11.3 Å². The van der Waals surface area contributed by atoms with E-state index in [1.807, 2.05) is 6.07 Å². The zero-order valence-corrected chi connectivity index (χ0v) is 13.0. The van der Waals surface area contributed by atoms with Crippen molar-refractivity contribution in [3.8, 4) is 6.07 Å². The van der Waals surface area contributed by atoms with Crippen molar-refractivity contribution in [3.63, 3.8) is 0 Å². The Balaban J connectivity index is 2.91. The molecule has 0 saturated heterocycles. The van der Waals surface area contributed by atoms with Gasteiger partial charge in [-0.15, -0.1) is 11.3 Å². The van der Waals surface area contributed by atoms with E-state index < -0.39 is 9.84 Å². The molecule has 0 aliphatic heterocycles. The van der Waals surface area contributed by atoms with Gasteiger partial charge in [-0.1, -0.05) is 13.8 Å². The zero-order valence-electron chi connectivity index (χ0n) is 11.4. The van der Waals surface area contributed by atoms with Crippen LogP contribution in [-0.4, -0.2) is 32.3 Å². The van der Waals surface area contributed by atoms with Crippen LogP contribution in [0.5, 0.6) is 0 Å². The summed E-state index contributed by atoms with van der Waals surface area (Å²) in [6.45, 7) is 3.48. The molecule has 0 amide bonds. The predicted octanol–water partition coefficient (Wildman–Crippen LogP) is 1.64. The first-order valence-corrected chi connectivity index (χ1v) is 8.79. The number of carbonyl (C=O) groups excluding carboxylic acids is 1. The molecule has 110 valence electrons. The minimum atomic E-state index is -3.07. The maximum Gasteiger partial charge on any atom is 0.174 e. The molecule has 0 aliphatic carbocycles. The number of nitrogens with zero attached hydrogens (tertiary/aromatic N) is 1. The number of nitrogens with two attached hydrogens (primary N) is 1. The third kappa shape index (κ3) is 3.71. The van der Waals surface area contributed by atoms with E-state index in [1.165, 1.54) is 0 Å². The molecule has 6 nitrogen and oxygen atoms in total. The summed E-state index contributed by atoms with van der Waals surface area (Å²) in [4.78, 5) is 12.0. The molecule has 0 aliphatic rings. The van der Waals surface area contributed by atoms with Crippen LogP contribution in [0.3, 0.4) is 0 Å². The van der Waals surface area contributed by atoms with Gasteiger partial charge in [0.25, 0.3) is 0 Å². The average molecular weight is 315 g/mol. The first-order chi connectivity index (χ1) is 9.36. The first kappa shape index (κ1) is 16.5. The molecule has 0 saturated carbocycles. The summed E-state index contributed by atoms with van der Waals surface area (Å²) in [5.41, 5.74) is 6.16. The Morgan fingerprint density at radius 1 is 1.45 bits per heavy atom. The number of nitrogens with one attached hydrogen (secondary N) is 1. The Kier molecular flexibility index (Phi) is 5.53. The SMILES string of the molecule is CCC(=O)c1sc(NCCS(=O)(=O)CC)c(C#N)c1N. The standard InChI is InChI=1S/C12H17N3O3S2/c1-3-9(16)11-10(14)8(7-13)12(19-11)15-5-6-20(17,18)4-2/h15H,3-6,14H2,1-2H3. The van der Waals surface area contributed by atoms with E-state index in [-0.39, 0.29) is 35.1 Å². The third-order valence-corrected chi connectivity index (χ3v) is 5.68. The van der Waals surface area contributed by atoms with Crippen molar-refractivity contribution in [2.45, 2.75) is 20.3 Å². The Hall–Kier alpha value is -1.59. The van der Waals surface area contributed by atoms with Crippen LogP contribution in [0.25, 0.3) is 0 Å². The van der Waals surface area contributed by atoms with Crippen LogP contribution in [0, 0.1) is 11.3 Å². The van der Waals surface area contributed by atoms with Gasteiger partial charge in [-0.05, 0) is 0 Å². The minimum absolute atomic E-state index is 0.0246. The highest BCUT2D eigenvalue weighted by Crippen LogP contribution is 2.35. The van der Waals surface area contributed by atoms with E-state index in [0.29, 0.717) is 16.3 Å². The van der Waals surface area contributed by atoms with E-state index in [1.54, 1.807) is 13.8 Å². The maximum atomic E-state index is 11.7. The van der Waals surface area contributed by atoms with Gasteiger partial charge in [0, 0.05) is 18.7 Å². The van der Waals surface area contributed by atoms with E-state index in [2.05, 4.69) is 5.32 Å². The van der Waals surface area contributed by atoms with Crippen LogP contribution in [0.15, 0.2) is 0 Å². The summed E-state index contributed by atoms with van der Waals surface area (Å²) in [6.07, 6.45) is 0.305. The van der Waals surface area contributed by atoms with Crippen LogP contribution < -0.4 is 11.1 Å². The smallest absolute Gasteiger partial charge is 0.174 e. The zero-order chi connectivity index (χ0) is 15.3. The highest BCUT2D eigenvalue weighted by atomic mass is 32.2. The number of carbonyl (C=O) groups is 1. The Morgan fingerprint density at radius 3 is 2.60 bits per heavy atom. The highest BCUT2D eigenvalue weighted by Gasteiger charge is 2.20. The number of rotatable bonds is 7. The van der Waals surface area contributed by atoms with Crippen molar-refractivity contribution in [3.05, 3.63) is 10.4 Å². The third-order valence-electron chi connectivity index (χ3n) is 2.77. The van der Waals surface area contributed by atoms with E-state index in [4.69, 9.17) is 11.0 Å². The van der Waals surface area contributed by atoms with Crippen LogP contribution in [-0.2, 0) is 9.84 Å². The summed E-state index contributed by atoms with van der Waals surface area (Å²) in [7, 11) is -3.07. The fraction of sp³-hybridized carbons (Fsp3) is 0.500. The van der Waals surface area contributed by atoms with Gasteiger partial charge >= 0.3 is 0 Å². The summed E-state index contributed by atoms with van der Waals surface area (Å²) in [5, 5.41) is 12.4. The molecule has 0 radical (unpaired) electrons. The molecule has 8 heteroatoms. The van der Waals surface area contributed by atoms with Crippen LogP contribution in [0.2, 0.25) is 0 Å². The van der Waals surface area contributed by atoms with Gasteiger partial charge in [0.05, 0.1) is 16.3 Å². The predicted molar refractivity (Wildman–Crippen MR) is 80.9 cm³/mol. The van der Waals surface area contributed by atoms with Crippen molar-refractivity contribution in [1.29, 1.82) is 5.26 Å². The van der Waals surface area contributed by atoms with Crippen LogP contribution in [0.1, 0.15) is 35.5 Å². The van der Waals surface area contributed by atoms with E-state index >= 15 is 0 Å². The fourth-order valence-corrected chi connectivity index (χ4v) is 3.32. The largest absolute Gasteiger partial charge is 0.396 e. The molecular weight excluding hydrogens is 298 g/mol. The van der Waals surface area contributed by atoms with Gasteiger partial charge in [0.15, 0.2) is 15.6 Å². The van der Waals surface area contributed by atoms with Gasteiger partial charge < -0.3 is 11.1 Å². The summed E-state index contributed by atoms with van der Waals surface area (Å²) < 4.78 is 22.8. The van der Waals surface area contributed by atoms with Crippen molar-refractivity contribution < 1.29 is 13.2 Å². The Morgan fingerprint density at radius 2 is 2.10 bits per heavy atom. The quantitative estimate of drug-likeness (QED) is 0.739. The second kappa shape index (κ2) is 6.72. The lowest BCUT2D eigenvalue weighted by Crippen LogP contribution is -2.17. The molecule has 0 bridgehead atoms. The molecule has 1 rings (SSSR count). The van der Waals surface area contributed by atoms with Crippen LogP contribution in [0.4, 0.5) is 10.7 Å². The van der Waals surface area contributed by atoms with Gasteiger partial charge in [-0.3, -0.25) is 4.79 Å². The topological polar surface area (TPSA) is 113 Å². The van der Waals surface area contributed by atoms with E-state index in [9.17, 15) is 13.2 Å². The average Bonchev–Trinajstić information content (AvgIpc) is 2.74. The molecule has 1 heterocycles. The van der Waals surface area contributed by atoms with Gasteiger partial charge in [-0.25, -0.2) is 8.42 Å². The molecular formula is C12H17N3O3S2. The molecule has 0 spiro atoms. The van der Waals surface area contributed by atoms with Gasteiger partial charge in [-0.2, -0.15) is 5.26 Å². The van der Waals surface area contributed by atoms with Gasteiger partial charge in [0.2, 0.25) is 0 Å². The number of ketones is 1. The summed E-state index contributed by atoms with van der Waals surface area (Å²) in [5.74, 6) is -0.0759. The summed E-state index contributed by atoms with van der Waals surface area (Å²) >= 11 is 1.10. The Bertz CT molecular complexity index is 642.